The molecule has 4 heteroatoms. The van der Waals surface area contributed by atoms with Crippen LogP contribution in [-0.4, -0.2) is 37.9 Å². The maximum atomic E-state index is 5.48. The van der Waals surface area contributed by atoms with Crippen molar-refractivity contribution in [2.45, 2.75) is 20.4 Å². The van der Waals surface area contributed by atoms with Crippen LogP contribution in [-0.2, 0) is 6.54 Å². The van der Waals surface area contributed by atoms with E-state index in [1.807, 2.05) is 12.1 Å². The van der Waals surface area contributed by atoms with Gasteiger partial charge in [-0.2, -0.15) is 0 Å². The Morgan fingerprint density at radius 2 is 2.06 bits per heavy atom. The molecule has 0 fully saturated rings. The summed E-state index contributed by atoms with van der Waals surface area (Å²) in [7, 11) is 0. The van der Waals surface area contributed by atoms with Crippen LogP contribution in [0.4, 0.5) is 0 Å². The number of hydrogen-bond acceptors (Lipinski definition) is 4. The standard InChI is InChI=1S/C14H22N2O2/c1-3-16(4-2)9-8-15-10-12-6-5-7-13-14(12)18-11-17-13/h5-7,15H,3-4,8-11H2,1-2H3. The topological polar surface area (TPSA) is 33.7 Å². The molecular formula is C14H22N2O2. The second kappa shape index (κ2) is 6.61. The molecule has 0 unspecified atom stereocenters. The molecule has 1 heterocycles. The predicted molar refractivity (Wildman–Crippen MR) is 72.1 cm³/mol. The minimum absolute atomic E-state index is 0.339. The average molecular weight is 250 g/mol. The van der Waals surface area contributed by atoms with Crippen molar-refractivity contribution in [1.29, 1.82) is 0 Å². The minimum Gasteiger partial charge on any atom is -0.454 e. The summed E-state index contributed by atoms with van der Waals surface area (Å²) >= 11 is 0. The smallest absolute Gasteiger partial charge is 0.231 e. The number of hydrogen-bond donors (Lipinski definition) is 1. The van der Waals surface area contributed by atoms with Gasteiger partial charge in [-0.05, 0) is 19.2 Å². The Labute approximate surface area is 109 Å². The van der Waals surface area contributed by atoms with Gasteiger partial charge in [0.2, 0.25) is 6.79 Å². The first-order valence-electron chi connectivity index (χ1n) is 6.65. The van der Waals surface area contributed by atoms with E-state index in [0.717, 1.165) is 44.2 Å². The lowest BCUT2D eigenvalue weighted by molar-refractivity contribution is 0.173. The summed E-state index contributed by atoms with van der Waals surface area (Å²) in [6.07, 6.45) is 0. The molecule has 18 heavy (non-hydrogen) atoms. The van der Waals surface area contributed by atoms with E-state index in [0.29, 0.717) is 6.79 Å². The van der Waals surface area contributed by atoms with E-state index >= 15 is 0 Å². The van der Waals surface area contributed by atoms with Crippen molar-refractivity contribution in [3.05, 3.63) is 23.8 Å². The van der Waals surface area contributed by atoms with Crippen LogP contribution in [0.1, 0.15) is 19.4 Å². The van der Waals surface area contributed by atoms with Gasteiger partial charge in [0.25, 0.3) is 0 Å². The third-order valence-electron chi connectivity index (χ3n) is 3.29. The van der Waals surface area contributed by atoms with E-state index in [-0.39, 0.29) is 0 Å². The lowest BCUT2D eigenvalue weighted by Gasteiger charge is -2.18. The summed E-state index contributed by atoms with van der Waals surface area (Å²) in [5, 5.41) is 3.45. The van der Waals surface area contributed by atoms with Crippen LogP contribution < -0.4 is 14.8 Å². The Hall–Kier alpha value is -1.26. The second-order valence-electron chi connectivity index (χ2n) is 4.35. The third-order valence-corrected chi connectivity index (χ3v) is 3.29. The molecule has 2 rings (SSSR count). The highest BCUT2D eigenvalue weighted by atomic mass is 16.7. The molecule has 0 saturated heterocycles. The fraction of sp³-hybridized carbons (Fsp3) is 0.571. The zero-order chi connectivity index (χ0) is 12.8. The molecular weight excluding hydrogens is 228 g/mol. The first kappa shape index (κ1) is 13.2. The molecule has 1 aromatic carbocycles. The maximum Gasteiger partial charge on any atom is 0.231 e. The molecule has 0 atom stereocenters. The normalized spacial score (nSPS) is 13.3. The van der Waals surface area contributed by atoms with Crippen molar-refractivity contribution >= 4 is 0 Å². The van der Waals surface area contributed by atoms with E-state index in [4.69, 9.17) is 9.47 Å². The van der Waals surface area contributed by atoms with E-state index in [1.165, 1.54) is 5.56 Å². The van der Waals surface area contributed by atoms with Crippen molar-refractivity contribution in [3.8, 4) is 11.5 Å². The van der Waals surface area contributed by atoms with Crippen LogP contribution in [0.3, 0.4) is 0 Å². The van der Waals surface area contributed by atoms with Crippen LogP contribution in [0, 0.1) is 0 Å². The summed E-state index contributed by atoms with van der Waals surface area (Å²) in [4.78, 5) is 2.40. The van der Waals surface area contributed by atoms with Gasteiger partial charge in [0.1, 0.15) is 0 Å². The van der Waals surface area contributed by atoms with Crippen LogP contribution in [0.15, 0.2) is 18.2 Å². The summed E-state index contributed by atoms with van der Waals surface area (Å²) < 4.78 is 10.8. The van der Waals surface area contributed by atoms with Gasteiger partial charge in [-0.1, -0.05) is 26.0 Å². The van der Waals surface area contributed by atoms with Gasteiger partial charge in [0.05, 0.1) is 0 Å². The third kappa shape index (κ3) is 3.15. The molecule has 1 aliphatic rings. The molecule has 1 aromatic rings. The molecule has 0 saturated carbocycles. The Morgan fingerprint density at radius 3 is 2.83 bits per heavy atom. The Morgan fingerprint density at radius 1 is 1.22 bits per heavy atom. The monoisotopic (exact) mass is 250 g/mol. The number of rotatable bonds is 7. The molecule has 0 aliphatic carbocycles. The lowest BCUT2D eigenvalue weighted by Crippen LogP contribution is -2.31. The van der Waals surface area contributed by atoms with Gasteiger partial charge in [0.15, 0.2) is 11.5 Å². The SMILES string of the molecule is CCN(CC)CCNCc1cccc2c1OCO2. The zero-order valence-corrected chi connectivity index (χ0v) is 11.2. The van der Waals surface area contributed by atoms with Crippen molar-refractivity contribution < 1.29 is 9.47 Å². The van der Waals surface area contributed by atoms with E-state index < -0.39 is 0 Å². The first-order valence-corrected chi connectivity index (χ1v) is 6.65. The molecule has 1 aliphatic heterocycles. The fourth-order valence-corrected chi connectivity index (χ4v) is 2.13. The van der Waals surface area contributed by atoms with Gasteiger partial charge in [-0.15, -0.1) is 0 Å². The van der Waals surface area contributed by atoms with Crippen molar-refractivity contribution in [2.75, 3.05) is 33.0 Å². The van der Waals surface area contributed by atoms with E-state index in [2.05, 4.69) is 30.1 Å². The number of nitrogens with zero attached hydrogens (tertiary/aromatic N) is 1. The summed E-state index contributed by atoms with van der Waals surface area (Å²) in [5.74, 6) is 1.76. The Kier molecular flexibility index (Phi) is 4.84. The quantitative estimate of drug-likeness (QED) is 0.749. The molecule has 100 valence electrons. The van der Waals surface area contributed by atoms with Crippen molar-refractivity contribution in [3.63, 3.8) is 0 Å². The largest absolute Gasteiger partial charge is 0.454 e. The van der Waals surface area contributed by atoms with Crippen LogP contribution >= 0.6 is 0 Å². The number of benzene rings is 1. The minimum atomic E-state index is 0.339. The molecule has 0 bridgehead atoms. The number of para-hydroxylation sites is 1. The highest BCUT2D eigenvalue weighted by Gasteiger charge is 2.16. The highest BCUT2D eigenvalue weighted by Crippen LogP contribution is 2.35. The Balaban J connectivity index is 1.79. The highest BCUT2D eigenvalue weighted by molar-refractivity contribution is 5.48. The zero-order valence-electron chi connectivity index (χ0n) is 11.2. The molecule has 0 aromatic heterocycles. The van der Waals surface area contributed by atoms with Gasteiger partial charge < -0.3 is 19.7 Å². The van der Waals surface area contributed by atoms with Gasteiger partial charge >= 0.3 is 0 Å². The van der Waals surface area contributed by atoms with Crippen LogP contribution in [0.25, 0.3) is 0 Å². The summed E-state index contributed by atoms with van der Waals surface area (Å²) in [6.45, 7) is 9.84. The number of ether oxygens (including phenoxy) is 2. The van der Waals surface area contributed by atoms with Gasteiger partial charge in [0, 0.05) is 25.2 Å². The van der Waals surface area contributed by atoms with E-state index in [9.17, 15) is 0 Å². The van der Waals surface area contributed by atoms with Crippen LogP contribution in [0.5, 0.6) is 11.5 Å². The number of fused-ring (bicyclic) bond motifs is 1. The van der Waals surface area contributed by atoms with Crippen molar-refractivity contribution in [2.24, 2.45) is 0 Å². The second-order valence-corrected chi connectivity index (χ2v) is 4.35. The van der Waals surface area contributed by atoms with Gasteiger partial charge in [-0.25, -0.2) is 0 Å². The molecule has 0 amide bonds. The summed E-state index contributed by atoms with van der Waals surface area (Å²) in [6, 6.07) is 6.04. The maximum absolute atomic E-state index is 5.48. The molecule has 1 N–H and O–H groups in total. The number of likely N-dealkylation sites (N-methyl/N-ethyl adjacent to an activating group) is 1. The van der Waals surface area contributed by atoms with Crippen LogP contribution in [0.2, 0.25) is 0 Å². The van der Waals surface area contributed by atoms with Gasteiger partial charge in [-0.3, -0.25) is 0 Å². The lowest BCUT2D eigenvalue weighted by atomic mass is 10.2. The Bertz CT molecular complexity index is 378. The molecule has 0 radical (unpaired) electrons. The first-order chi connectivity index (χ1) is 8.85. The van der Waals surface area contributed by atoms with E-state index in [1.54, 1.807) is 0 Å². The average Bonchev–Trinajstić information content (AvgIpc) is 2.88. The van der Waals surface area contributed by atoms with Crippen molar-refractivity contribution in [1.82, 2.24) is 10.2 Å². The molecule has 0 spiro atoms. The fourth-order valence-electron chi connectivity index (χ4n) is 2.13. The number of nitrogens with one attached hydrogen (secondary N) is 1. The molecule has 4 nitrogen and oxygen atoms in total. The predicted octanol–water partition coefficient (Wildman–Crippen LogP) is 1.85. The summed E-state index contributed by atoms with van der Waals surface area (Å²) in [5.41, 5.74) is 1.17.